The zero-order chi connectivity index (χ0) is 25.1. The summed E-state index contributed by atoms with van der Waals surface area (Å²) in [5, 5.41) is 7.83. The highest BCUT2D eigenvalue weighted by atomic mass is 35.5. The normalized spacial score (nSPS) is 22.9. The number of ether oxygens (including phenoxy) is 1. The van der Waals surface area contributed by atoms with Crippen molar-refractivity contribution < 1.29 is 27.5 Å². The molecule has 2 aromatic rings. The van der Waals surface area contributed by atoms with Gasteiger partial charge >= 0.3 is 6.36 Å². The second-order valence-electron chi connectivity index (χ2n) is 8.28. The molecule has 0 radical (unpaired) electrons. The monoisotopic (exact) mass is 509 g/mol. The van der Waals surface area contributed by atoms with Crippen LogP contribution in [0.15, 0.2) is 60.6 Å². The fourth-order valence-corrected chi connectivity index (χ4v) is 4.69. The van der Waals surface area contributed by atoms with Crippen molar-refractivity contribution in [3.8, 4) is 0 Å². The number of alkyl halides is 4. The topological polar surface area (TPSA) is 89.4 Å². The van der Waals surface area contributed by atoms with Gasteiger partial charge in [0, 0.05) is 30.4 Å². The Kier molecular flexibility index (Phi) is 7.27. The van der Waals surface area contributed by atoms with Crippen LogP contribution < -0.4 is 5.32 Å². The van der Waals surface area contributed by atoms with Gasteiger partial charge in [0.1, 0.15) is 12.6 Å². The van der Waals surface area contributed by atoms with E-state index < -0.39 is 29.8 Å². The number of hydrogen-bond donors (Lipinski definition) is 1. The fourth-order valence-electron chi connectivity index (χ4n) is 4.29. The SMILES string of the molecule is O=C(NC1=CC=C(c2ccccc2)C(Cl)(OC(F)(F)F)C1)[C@H]1CCCCN1C(=O)Cn1ccnn1. The molecule has 1 fully saturated rings. The van der Waals surface area contributed by atoms with E-state index in [9.17, 15) is 22.8 Å². The van der Waals surface area contributed by atoms with Crippen LogP contribution in [0.1, 0.15) is 31.2 Å². The zero-order valence-electron chi connectivity index (χ0n) is 18.5. The number of nitrogens with one attached hydrogen (secondary N) is 1. The summed E-state index contributed by atoms with van der Waals surface area (Å²) in [5.74, 6) is -0.795. The number of amides is 2. The molecule has 1 aliphatic heterocycles. The Morgan fingerprint density at radius 2 is 1.97 bits per heavy atom. The predicted molar refractivity (Wildman–Crippen MR) is 120 cm³/mol. The van der Waals surface area contributed by atoms with E-state index in [1.807, 2.05) is 0 Å². The van der Waals surface area contributed by atoms with Gasteiger partial charge in [-0.2, -0.15) is 0 Å². The molecule has 1 saturated heterocycles. The van der Waals surface area contributed by atoms with Crippen LogP contribution >= 0.6 is 11.6 Å². The summed E-state index contributed by atoms with van der Waals surface area (Å²) in [7, 11) is 0. The number of aromatic nitrogens is 3. The van der Waals surface area contributed by atoms with E-state index in [1.54, 1.807) is 36.5 Å². The maximum atomic E-state index is 13.3. The van der Waals surface area contributed by atoms with Gasteiger partial charge < -0.3 is 10.2 Å². The molecule has 1 N–H and O–H groups in total. The van der Waals surface area contributed by atoms with E-state index in [0.29, 0.717) is 18.5 Å². The molecule has 2 atom stereocenters. The Morgan fingerprint density at radius 1 is 1.20 bits per heavy atom. The molecule has 35 heavy (non-hydrogen) atoms. The molecule has 4 rings (SSSR count). The molecule has 1 aliphatic carbocycles. The van der Waals surface area contributed by atoms with Crippen molar-refractivity contribution in [2.75, 3.05) is 6.54 Å². The third-order valence-corrected chi connectivity index (χ3v) is 6.23. The molecular weight excluding hydrogens is 487 g/mol. The van der Waals surface area contributed by atoms with Crippen molar-refractivity contribution in [1.29, 1.82) is 0 Å². The molecular formula is C23H23ClF3N5O3. The van der Waals surface area contributed by atoms with Crippen LogP contribution in [0.2, 0.25) is 0 Å². The second kappa shape index (κ2) is 10.2. The van der Waals surface area contributed by atoms with Crippen molar-refractivity contribution in [2.24, 2.45) is 0 Å². The number of hydrogen-bond acceptors (Lipinski definition) is 5. The molecule has 12 heteroatoms. The lowest BCUT2D eigenvalue weighted by Crippen LogP contribution is -2.53. The first-order chi connectivity index (χ1) is 16.6. The highest BCUT2D eigenvalue weighted by molar-refractivity contribution is 6.29. The van der Waals surface area contributed by atoms with Gasteiger partial charge in [-0.1, -0.05) is 53.2 Å². The number of rotatable bonds is 6. The summed E-state index contributed by atoms with van der Waals surface area (Å²) < 4.78 is 45.5. The predicted octanol–water partition coefficient (Wildman–Crippen LogP) is 3.62. The average Bonchev–Trinajstić information content (AvgIpc) is 3.31. The van der Waals surface area contributed by atoms with Gasteiger partial charge in [0.25, 0.3) is 0 Å². The van der Waals surface area contributed by atoms with Gasteiger partial charge in [-0.3, -0.25) is 14.3 Å². The molecule has 8 nitrogen and oxygen atoms in total. The second-order valence-corrected chi connectivity index (χ2v) is 8.89. The molecule has 2 heterocycles. The smallest absolute Gasteiger partial charge is 0.329 e. The van der Waals surface area contributed by atoms with Crippen LogP contribution in [0.4, 0.5) is 13.2 Å². The van der Waals surface area contributed by atoms with E-state index >= 15 is 0 Å². The number of nitrogens with zero attached hydrogens (tertiary/aromatic N) is 4. The third-order valence-electron chi connectivity index (χ3n) is 5.81. The highest BCUT2D eigenvalue weighted by Gasteiger charge is 2.47. The van der Waals surface area contributed by atoms with Gasteiger partial charge in [-0.05, 0) is 30.9 Å². The molecule has 1 aromatic carbocycles. The van der Waals surface area contributed by atoms with Crippen LogP contribution in [-0.2, 0) is 20.9 Å². The molecule has 1 unspecified atom stereocenters. The van der Waals surface area contributed by atoms with Gasteiger partial charge in [0.15, 0.2) is 5.06 Å². The minimum atomic E-state index is -5.00. The number of halogens is 4. The summed E-state index contributed by atoms with van der Waals surface area (Å²) in [6.45, 7) is 0.319. The van der Waals surface area contributed by atoms with Gasteiger partial charge in [-0.25, -0.2) is 4.68 Å². The Bertz CT molecular complexity index is 1120. The maximum Gasteiger partial charge on any atom is 0.524 e. The lowest BCUT2D eigenvalue weighted by molar-refractivity contribution is -0.342. The van der Waals surface area contributed by atoms with Crippen LogP contribution in [0.25, 0.3) is 5.57 Å². The number of allylic oxidation sites excluding steroid dienone is 2. The van der Waals surface area contributed by atoms with E-state index in [0.717, 1.165) is 12.8 Å². The van der Waals surface area contributed by atoms with Crippen molar-refractivity contribution in [1.82, 2.24) is 25.2 Å². The van der Waals surface area contributed by atoms with Gasteiger partial charge in [0.2, 0.25) is 11.8 Å². The summed E-state index contributed by atoms with van der Waals surface area (Å²) >= 11 is 6.40. The first-order valence-corrected chi connectivity index (χ1v) is 11.4. The number of carbonyl (C=O) groups is 2. The molecule has 2 amide bonds. The number of carbonyl (C=O) groups excluding carboxylic acids is 2. The molecule has 0 bridgehead atoms. The average molecular weight is 510 g/mol. The minimum absolute atomic E-state index is 0.0696. The zero-order valence-corrected chi connectivity index (χ0v) is 19.3. The van der Waals surface area contributed by atoms with Crippen LogP contribution in [0.3, 0.4) is 0 Å². The lowest BCUT2D eigenvalue weighted by Gasteiger charge is -2.37. The number of piperidine rings is 1. The van der Waals surface area contributed by atoms with E-state index in [2.05, 4.69) is 20.4 Å². The Labute approximate surface area is 204 Å². The quantitative estimate of drug-likeness (QED) is 0.601. The standard InChI is InChI=1S/C23H23ClF3N5O3/c24-22(35-23(25,26)27)14-17(9-10-18(22)16-6-2-1-3-7-16)29-21(34)19-8-4-5-12-32(19)20(33)15-31-13-11-28-30-31/h1-3,6-7,9-11,13,19H,4-5,8,12,14-15H2,(H,29,34)/t19-,22?/m1/s1. The van der Waals surface area contributed by atoms with E-state index in [4.69, 9.17) is 11.6 Å². The Morgan fingerprint density at radius 3 is 2.66 bits per heavy atom. The fraction of sp³-hybridized carbons (Fsp3) is 0.391. The first kappa shape index (κ1) is 24.9. The largest absolute Gasteiger partial charge is 0.524 e. The first-order valence-electron chi connectivity index (χ1n) is 11.0. The summed E-state index contributed by atoms with van der Waals surface area (Å²) in [6, 6.07) is 7.57. The summed E-state index contributed by atoms with van der Waals surface area (Å²) in [6.07, 6.45) is 2.37. The minimum Gasteiger partial charge on any atom is -0.329 e. The van der Waals surface area contributed by atoms with E-state index in [-0.39, 0.29) is 23.7 Å². The Hall–Kier alpha value is -3.18. The van der Waals surface area contributed by atoms with Crippen molar-refractivity contribution >= 4 is 29.0 Å². The summed E-state index contributed by atoms with van der Waals surface area (Å²) in [4.78, 5) is 27.4. The van der Waals surface area contributed by atoms with Crippen LogP contribution in [0, 0.1) is 0 Å². The molecule has 0 saturated carbocycles. The number of likely N-dealkylation sites (tertiary alicyclic amines) is 1. The van der Waals surface area contributed by atoms with Crippen LogP contribution in [0.5, 0.6) is 0 Å². The van der Waals surface area contributed by atoms with Crippen molar-refractivity contribution in [2.45, 2.75) is 49.7 Å². The van der Waals surface area contributed by atoms with Gasteiger partial charge in [0.05, 0.1) is 6.20 Å². The highest BCUT2D eigenvalue weighted by Crippen LogP contribution is 2.45. The summed E-state index contributed by atoms with van der Waals surface area (Å²) in [5.41, 5.74) is 0.742. The molecule has 186 valence electrons. The van der Waals surface area contributed by atoms with Crippen molar-refractivity contribution in [3.05, 3.63) is 66.1 Å². The third kappa shape index (κ3) is 6.09. The van der Waals surface area contributed by atoms with E-state index in [1.165, 1.54) is 27.9 Å². The van der Waals surface area contributed by atoms with Crippen LogP contribution in [-0.4, -0.2) is 55.7 Å². The molecule has 2 aliphatic rings. The maximum absolute atomic E-state index is 13.3. The van der Waals surface area contributed by atoms with Crippen molar-refractivity contribution in [3.63, 3.8) is 0 Å². The van der Waals surface area contributed by atoms with Gasteiger partial charge in [-0.15, -0.1) is 18.3 Å². The molecule has 0 spiro atoms. The number of benzene rings is 1. The lowest BCUT2D eigenvalue weighted by atomic mass is 9.92. The Balaban J connectivity index is 1.53. The molecule has 1 aromatic heterocycles.